The molecule has 1 aromatic carbocycles. The van der Waals surface area contributed by atoms with E-state index in [0.29, 0.717) is 5.69 Å². The Kier molecular flexibility index (Phi) is 2.64. The number of benzene rings is 1. The van der Waals surface area contributed by atoms with Gasteiger partial charge >= 0.3 is 6.18 Å². The van der Waals surface area contributed by atoms with Gasteiger partial charge in [-0.05, 0) is 24.3 Å². The van der Waals surface area contributed by atoms with Gasteiger partial charge in [-0.25, -0.2) is 4.85 Å². The van der Waals surface area contributed by atoms with E-state index in [4.69, 9.17) is 6.57 Å². The van der Waals surface area contributed by atoms with Crippen LogP contribution in [0.15, 0.2) is 42.7 Å². The van der Waals surface area contributed by atoms with Gasteiger partial charge in [0.25, 0.3) is 0 Å². The number of hydrogen-bond acceptors (Lipinski definition) is 0. The smallest absolute Gasteiger partial charge is 0.334 e. The van der Waals surface area contributed by atoms with E-state index in [1.165, 1.54) is 6.07 Å². The highest BCUT2D eigenvalue weighted by Crippen LogP contribution is 2.34. The van der Waals surface area contributed by atoms with Crippen molar-refractivity contribution in [1.29, 1.82) is 0 Å². The van der Waals surface area contributed by atoms with E-state index in [0.717, 1.165) is 12.1 Å². The van der Waals surface area contributed by atoms with Crippen LogP contribution in [0.2, 0.25) is 0 Å². The predicted molar refractivity (Wildman–Crippen MR) is 57.0 cm³/mol. The highest BCUT2D eigenvalue weighted by molar-refractivity contribution is 5.63. The van der Waals surface area contributed by atoms with Gasteiger partial charge < -0.3 is 4.57 Å². The molecule has 0 radical (unpaired) electrons. The first-order valence-corrected chi connectivity index (χ1v) is 4.74. The third-order valence-electron chi connectivity index (χ3n) is 2.31. The van der Waals surface area contributed by atoms with Gasteiger partial charge in [0, 0.05) is 18.0 Å². The standard InChI is InChI=1S/C12H7F3N2/c1-16-10-8-9(12(13,14)15)4-5-11(10)17-6-2-3-7-17/h2-8H. The molecular weight excluding hydrogens is 229 g/mol. The zero-order valence-electron chi connectivity index (χ0n) is 8.57. The maximum Gasteiger partial charge on any atom is 0.415 e. The fourth-order valence-corrected chi connectivity index (χ4v) is 1.50. The van der Waals surface area contributed by atoms with E-state index in [1.807, 2.05) is 0 Å². The normalized spacial score (nSPS) is 11.2. The van der Waals surface area contributed by atoms with Crippen molar-refractivity contribution < 1.29 is 13.2 Å². The summed E-state index contributed by atoms with van der Waals surface area (Å²) in [5.74, 6) is 0. The molecule has 0 fully saturated rings. The molecule has 1 aromatic heterocycles. The quantitative estimate of drug-likeness (QED) is 0.661. The van der Waals surface area contributed by atoms with Gasteiger partial charge in [0.15, 0.2) is 0 Å². The Morgan fingerprint density at radius 3 is 2.29 bits per heavy atom. The van der Waals surface area contributed by atoms with Crippen molar-refractivity contribution in [2.24, 2.45) is 0 Å². The summed E-state index contributed by atoms with van der Waals surface area (Å²) >= 11 is 0. The summed E-state index contributed by atoms with van der Waals surface area (Å²) in [6.07, 6.45) is -1.07. The van der Waals surface area contributed by atoms with Gasteiger partial charge in [-0.1, -0.05) is 6.07 Å². The van der Waals surface area contributed by atoms with Gasteiger partial charge in [-0.2, -0.15) is 13.2 Å². The Morgan fingerprint density at radius 2 is 1.76 bits per heavy atom. The van der Waals surface area contributed by atoms with Gasteiger partial charge in [-0.3, -0.25) is 0 Å². The molecule has 0 bridgehead atoms. The molecule has 0 amide bonds. The van der Waals surface area contributed by atoms with Crippen LogP contribution in [0.3, 0.4) is 0 Å². The topological polar surface area (TPSA) is 9.29 Å². The molecule has 0 spiro atoms. The Balaban J connectivity index is 2.55. The van der Waals surface area contributed by atoms with E-state index in [-0.39, 0.29) is 5.69 Å². The van der Waals surface area contributed by atoms with Crippen LogP contribution in [0.25, 0.3) is 10.5 Å². The van der Waals surface area contributed by atoms with Crippen LogP contribution < -0.4 is 0 Å². The van der Waals surface area contributed by atoms with Crippen LogP contribution in [0, 0.1) is 6.57 Å². The molecule has 0 aliphatic carbocycles. The third kappa shape index (κ3) is 2.16. The van der Waals surface area contributed by atoms with Crippen molar-refractivity contribution in [1.82, 2.24) is 4.57 Å². The van der Waals surface area contributed by atoms with Crippen molar-refractivity contribution >= 4 is 5.69 Å². The number of alkyl halides is 3. The van der Waals surface area contributed by atoms with Crippen LogP contribution >= 0.6 is 0 Å². The number of halogens is 3. The zero-order valence-corrected chi connectivity index (χ0v) is 8.57. The van der Waals surface area contributed by atoms with E-state index in [2.05, 4.69) is 4.85 Å². The Labute approximate surface area is 95.7 Å². The molecule has 2 aromatic rings. The van der Waals surface area contributed by atoms with Crippen molar-refractivity contribution in [3.8, 4) is 5.69 Å². The van der Waals surface area contributed by atoms with Crippen LogP contribution in [0.1, 0.15) is 5.56 Å². The molecule has 17 heavy (non-hydrogen) atoms. The molecule has 0 atom stereocenters. The van der Waals surface area contributed by atoms with Crippen LogP contribution in [-0.4, -0.2) is 4.57 Å². The third-order valence-corrected chi connectivity index (χ3v) is 2.31. The minimum Gasteiger partial charge on any atom is -0.334 e. The van der Waals surface area contributed by atoms with Crippen LogP contribution in [0.5, 0.6) is 0 Å². The molecule has 2 rings (SSSR count). The highest BCUT2D eigenvalue weighted by atomic mass is 19.4. The minimum absolute atomic E-state index is 0.0176. The molecule has 2 nitrogen and oxygen atoms in total. The molecule has 0 unspecified atom stereocenters. The first-order chi connectivity index (χ1) is 8.02. The van der Waals surface area contributed by atoms with Crippen molar-refractivity contribution in [3.63, 3.8) is 0 Å². The summed E-state index contributed by atoms with van der Waals surface area (Å²) in [7, 11) is 0. The zero-order chi connectivity index (χ0) is 12.5. The van der Waals surface area contributed by atoms with Crippen LogP contribution in [-0.2, 0) is 6.18 Å². The lowest BCUT2D eigenvalue weighted by Crippen LogP contribution is -2.05. The summed E-state index contributed by atoms with van der Waals surface area (Å²) < 4.78 is 39.0. The summed E-state index contributed by atoms with van der Waals surface area (Å²) in [6, 6.07) is 6.62. The van der Waals surface area contributed by atoms with Crippen LogP contribution in [0.4, 0.5) is 18.9 Å². The molecule has 86 valence electrons. The molecule has 5 heteroatoms. The average molecular weight is 236 g/mol. The highest BCUT2D eigenvalue weighted by Gasteiger charge is 2.30. The lowest BCUT2D eigenvalue weighted by atomic mass is 10.1. The summed E-state index contributed by atoms with van der Waals surface area (Å²) in [5.41, 5.74) is -0.381. The van der Waals surface area contributed by atoms with Crippen molar-refractivity contribution in [2.75, 3.05) is 0 Å². The lowest BCUT2D eigenvalue weighted by molar-refractivity contribution is -0.137. The molecule has 0 N–H and O–H groups in total. The molecule has 0 aliphatic heterocycles. The van der Waals surface area contributed by atoms with E-state index < -0.39 is 11.7 Å². The number of aromatic nitrogens is 1. The molecular formula is C12H7F3N2. The average Bonchev–Trinajstić information content (AvgIpc) is 2.80. The minimum atomic E-state index is -4.42. The Bertz CT molecular complexity index is 562. The SMILES string of the molecule is [C-]#[N+]c1cc(C(F)(F)F)ccc1-n1cccc1. The molecule has 1 heterocycles. The second-order valence-electron chi connectivity index (χ2n) is 3.40. The Morgan fingerprint density at radius 1 is 1.12 bits per heavy atom. The fourth-order valence-electron chi connectivity index (χ4n) is 1.50. The largest absolute Gasteiger partial charge is 0.415 e. The first kappa shape index (κ1) is 11.3. The van der Waals surface area contributed by atoms with Crippen molar-refractivity contribution in [2.45, 2.75) is 6.18 Å². The summed E-state index contributed by atoms with van der Waals surface area (Å²) in [5, 5.41) is 0. The molecule has 0 aliphatic rings. The van der Waals surface area contributed by atoms with Gasteiger partial charge in [-0.15, -0.1) is 0 Å². The van der Waals surface area contributed by atoms with Gasteiger partial charge in [0.2, 0.25) is 5.69 Å². The fraction of sp³-hybridized carbons (Fsp3) is 0.0833. The number of nitrogens with zero attached hydrogens (tertiary/aromatic N) is 2. The molecule has 0 saturated carbocycles. The van der Waals surface area contributed by atoms with E-state index >= 15 is 0 Å². The van der Waals surface area contributed by atoms with E-state index in [9.17, 15) is 13.2 Å². The maximum atomic E-state index is 12.5. The number of rotatable bonds is 1. The van der Waals surface area contributed by atoms with E-state index in [1.54, 1.807) is 29.1 Å². The monoisotopic (exact) mass is 236 g/mol. The summed E-state index contributed by atoms with van der Waals surface area (Å²) in [6.45, 7) is 6.93. The lowest BCUT2D eigenvalue weighted by Gasteiger charge is -2.10. The maximum absolute atomic E-state index is 12.5. The number of hydrogen-bond donors (Lipinski definition) is 0. The first-order valence-electron chi connectivity index (χ1n) is 4.74. The Hall–Kier alpha value is -2.22. The predicted octanol–water partition coefficient (Wildman–Crippen LogP) is 4.05. The van der Waals surface area contributed by atoms with Gasteiger partial charge in [0.1, 0.15) is 0 Å². The summed E-state index contributed by atoms with van der Waals surface area (Å²) in [4.78, 5) is 3.13. The van der Waals surface area contributed by atoms with Gasteiger partial charge in [0.05, 0.1) is 12.3 Å². The van der Waals surface area contributed by atoms with Crippen molar-refractivity contribution in [3.05, 3.63) is 59.7 Å². The second-order valence-corrected chi connectivity index (χ2v) is 3.40. The second kappa shape index (κ2) is 3.98. The molecule has 0 saturated heterocycles.